The molecule has 6 nitrogen and oxygen atoms in total. The molecule has 442 valence electrons. The number of hydrogen-bond acceptors (Lipinski definition) is 6. The third kappa shape index (κ3) is 63.0. The van der Waals surface area contributed by atoms with Gasteiger partial charge in [0.1, 0.15) is 13.2 Å². The Morgan fingerprint density at radius 2 is 0.506 bits per heavy atom. The summed E-state index contributed by atoms with van der Waals surface area (Å²) in [6, 6.07) is 0. The number of ether oxygens (including phenoxy) is 3. The molecule has 1 unspecified atom stereocenters. The Morgan fingerprint density at radius 1 is 0.273 bits per heavy atom. The highest BCUT2D eigenvalue weighted by molar-refractivity contribution is 5.71. The van der Waals surface area contributed by atoms with Gasteiger partial charge in [-0.15, -0.1) is 0 Å². The van der Waals surface area contributed by atoms with Crippen molar-refractivity contribution in [2.75, 3.05) is 13.2 Å². The standard InChI is InChI=1S/C71H122O6/c1-4-7-10-13-16-19-22-25-28-31-33-34-35-36-38-40-43-46-49-52-55-58-61-64-70(73)76-67-68(66-75-69(72)63-60-57-54-51-48-45-42-39-30-27-24-21-18-15-12-9-6-3)77-71(74)65-62-59-56-53-50-47-44-41-37-32-29-26-23-20-17-14-11-8-5-2/h9,12,17-18,20-21,26-27,29-31,33,37,41-42,45,68H,4-8,10-11,13-16,19,22-25,28,32,34-36,38-40,43-44,46-67H2,1-3H3/b12-9-,20-17-,21-18-,29-26-,30-27-,33-31-,41-37-,45-42-. The molecule has 0 aromatic heterocycles. The third-order valence-electron chi connectivity index (χ3n) is 14.0. The molecule has 0 radical (unpaired) electrons. The van der Waals surface area contributed by atoms with E-state index in [1.165, 1.54) is 154 Å². The SMILES string of the molecule is CC/C=C\C/C=C\C/C=C\C/C=C\CCCCCCC(=O)OCC(COC(=O)CCCCCCCCCCCCC/C=C\CCCCCCCCCC)OC(=O)CCCCCCCC/C=C\C/C=C\C/C=C\CCCCC. The van der Waals surface area contributed by atoms with Gasteiger partial charge in [-0.3, -0.25) is 14.4 Å². The summed E-state index contributed by atoms with van der Waals surface area (Å²) in [7, 11) is 0. The van der Waals surface area contributed by atoms with Crippen LogP contribution < -0.4 is 0 Å². The number of esters is 3. The molecule has 1 atom stereocenters. The largest absolute Gasteiger partial charge is 0.462 e. The minimum atomic E-state index is -0.798. The van der Waals surface area contributed by atoms with Crippen molar-refractivity contribution in [3.63, 3.8) is 0 Å². The van der Waals surface area contributed by atoms with E-state index in [0.717, 1.165) is 122 Å². The van der Waals surface area contributed by atoms with Crippen LogP contribution in [0, 0.1) is 0 Å². The molecule has 0 aliphatic rings. The molecule has 0 aromatic carbocycles. The van der Waals surface area contributed by atoms with Crippen molar-refractivity contribution in [1.29, 1.82) is 0 Å². The molecular formula is C71H122O6. The second-order valence-electron chi connectivity index (χ2n) is 21.6. The number of carbonyl (C=O) groups excluding carboxylic acids is 3. The van der Waals surface area contributed by atoms with Crippen molar-refractivity contribution in [2.24, 2.45) is 0 Å². The molecular weight excluding hydrogens is 949 g/mol. The average molecular weight is 1070 g/mol. The van der Waals surface area contributed by atoms with Gasteiger partial charge in [-0.2, -0.15) is 0 Å². The van der Waals surface area contributed by atoms with Gasteiger partial charge in [0.15, 0.2) is 6.10 Å². The van der Waals surface area contributed by atoms with Crippen molar-refractivity contribution in [1.82, 2.24) is 0 Å². The van der Waals surface area contributed by atoms with Gasteiger partial charge in [-0.25, -0.2) is 0 Å². The Bertz CT molecular complexity index is 1510. The molecule has 6 heteroatoms. The number of carbonyl (C=O) groups is 3. The predicted octanol–water partition coefficient (Wildman–Crippen LogP) is 22.4. The van der Waals surface area contributed by atoms with E-state index >= 15 is 0 Å². The first-order valence-electron chi connectivity index (χ1n) is 32.7. The van der Waals surface area contributed by atoms with E-state index in [1.807, 2.05) is 0 Å². The van der Waals surface area contributed by atoms with E-state index < -0.39 is 6.10 Å². The highest BCUT2D eigenvalue weighted by Crippen LogP contribution is 2.16. The van der Waals surface area contributed by atoms with Crippen molar-refractivity contribution < 1.29 is 28.6 Å². The Morgan fingerprint density at radius 3 is 0.831 bits per heavy atom. The van der Waals surface area contributed by atoms with Gasteiger partial charge in [0.25, 0.3) is 0 Å². The van der Waals surface area contributed by atoms with Crippen LogP contribution in [0.25, 0.3) is 0 Å². The zero-order valence-electron chi connectivity index (χ0n) is 50.7. The van der Waals surface area contributed by atoms with Gasteiger partial charge in [0, 0.05) is 19.3 Å². The maximum absolute atomic E-state index is 12.9. The Balaban J connectivity index is 4.41. The lowest BCUT2D eigenvalue weighted by atomic mass is 10.0. The molecule has 0 spiro atoms. The molecule has 0 N–H and O–H groups in total. The quantitative estimate of drug-likeness (QED) is 0.0261. The van der Waals surface area contributed by atoms with Gasteiger partial charge in [-0.1, -0.05) is 272 Å². The molecule has 0 amide bonds. The van der Waals surface area contributed by atoms with E-state index in [-0.39, 0.29) is 31.1 Å². The lowest BCUT2D eigenvalue weighted by Gasteiger charge is -2.18. The zero-order valence-corrected chi connectivity index (χ0v) is 50.7. The monoisotopic (exact) mass is 1070 g/mol. The summed E-state index contributed by atoms with van der Waals surface area (Å²) in [5, 5.41) is 0. The maximum atomic E-state index is 12.9. The Hall–Kier alpha value is -3.67. The van der Waals surface area contributed by atoms with Crippen LogP contribution in [0.1, 0.15) is 316 Å². The fraction of sp³-hybridized carbons (Fsp3) is 0.732. The van der Waals surface area contributed by atoms with Crippen LogP contribution in [0.2, 0.25) is 0 Å². The molecule has 0 fully saturated rings. The average Bonchev–Trinajstić information content (AvgIpc) is 3.43. The summed E-state index contributed by atoms with van der Waals surface area (Å²) in [6.07, 6.45) is 87.0. The van der Waals surface area contributed by atoms with E-state index in [0.29, 0.717) is 19.3 Å². The van der Waals surface area contributed by atoms with Crippen LogP contribution >= 0.6 is 0 Å². The minimum absolute atomic E-state index is 0.0908. The van der Waals surface area contributed by atoms with Gasteiger partial charge < -0.3 is 14.2 Å². The summed E-state index contributed by atoms with van der Waals surface area (Å²) < 4.78 is 16.9. The molecule has 0 aliphatic heterocycles. The molecule has 77 heavy (non-hydrogen) atoms. The van der Waals surface area contributed by atoms with Gasteiger partial charge in [0.05, 0.1) is 0 Å². The molecule has 0 bridgehead atoms. The first kappa shape index (κ1) is 73.3. The Kier molecular flexibility index (Phi) is 61.8. The van der Waals surface area contributed by atoms with Gasteiger partial charge in [-0.05, 0) is 122 Å². The number of hydrogen-bond donors (Lipinski definition) is 0. The number of rotatable bonds is 59. The van der Waals surface area contributed by atoms with Crippen LogP contribution in [0.4, 0.5) is 0 Å². The van der Waals surface area contributed by atoms with Gasteiger partial charge in [0.2, 0.25) is 0 Å². The second-order valence-corrected chi connectivity index (χ2v) is 21.6. The molecule has 0 aromatic rings. The fourth-order valence-corrected chi connectivity index (χ4v) is 9.14. The van der Waals surface area contributed by atoms with Crippen LogP contribution in [0.15, 0.2) is 97.2 Å². The summed E-state index contributed by atoms with van der Waals surface area (Å²) in [5.74, 6) is -0.919. The van der Waals surface area contributed by atoms with E-state index in [9.17, 15) is 14.4 Å². The second kappa shape index (κ2) is 64.9. The van der Waals surface area contributed by atoms with E-state index in [1.54, 1.807) is 0 Å². The van der Waals surface area contributed by atoms with Crippen LogP contribution in [0.5, 0.6) is 0 Å². The summed E-state index contributed by atoms with van der Waals surface area (Å²) in [6.45, 7) is 6.50. The summed E-state index contributed by atoms with van der Waals surface area (Å²) >= 11 is 0. The fourth-order valence-electron chi connectivity index (χ4n) is 9.14. The van der Waals surface area contributed by atoms with E-state index in [4.69, 9.17) is 14.2 Å². The zero-order chi connectivity index (χ0) is 55.7. The summed E-state index contributed by atoms with van der Waals surface area (Å²) in [5.41, 5.74) is 0. The van der Waals surface area contributed by atoms with Crippen molar-refractivity contribution in [2.45, 2.75) is 322 Å². The van der Waals surface area contributed by atoms with Crippen molar-refractivity contribution >= 4 is 17.9 Å². The molecule has 0 aliphatic carbocycles. The molecule has 0 saturated carbocycles. The third-order valence-corrected chi connectivity index (χ3v) is 14.0. The topological polar surface area (TPSA) is 78.9 Å². The molecule has 0 saturated heterocycles. The van der Waals surface area contributed by atoms with E-state index in [2.05, 4.69) is 118 Å². The van der Waals surface area contributed by atoms with Crippen LogP contribution in [-0.2, 0) is 28.6 Å². The predicted molar refractivity (Wildman–Crippen MR) is 334 cm³/mol. The first-order valence-corrected chi connectivity index (χ1v) is 32.7. The van der Waals surface area contributed by atoms with Crippen LogP contribution in [0.3, 0.4) is 0 Å². The number of allylic oxidation sites excluding steroid dienone is 16. The molecule has 0 heterocycles. The minimum Gasteiger partial charge on any atom is -0.462 e. The lowest BCUT2D eigenvalue weighted by Crippen LogP contribution is -2.30. The van der Waals surface area contributed by atoms with Gasteiger partial charge >= 0.3 is 17.9 Å². The normalized spacial score (nSPS) is 12.7. The molecule has 0 rings (SSSR count). The highest BCUT2D eigenvalue weighted by Gasteiger charge is 2.19. The summed E-state index contributed by atoms with van der Waals surface area (Å²) in [4.78, 5) is 38.4. The van der Waals surface area contributed by atoms with Crippen molar-refractivity contribution in [3.05, 3.63) is 97.2 Å². The first-order chi connectivity index (χ1) is 38.0. The number of unbranched alkanes of at least 4 members (excludes halogenated alkanes) is 32. The maximum Gasteiger partial charge on any atom is 0.306 e. The lowest BCUT2D eigenvalue weighted by molar-refractivity contribution is -0.167. The Labute approximate surface area is 477 Å². The van der Waals surface area contributed by atoms with Crippen LogP contribution in [-0.4, -0.2) is 37.2 Å². The smallest absolute Gasteiger partial charge is 0.306 e. The highest BCUT2D eigenvalue weighted by atomic mass is 16.6. The van der Waals surface area contributed by atoms with Crippen molar-refractivity contribution in [3.8, 4) is 0 Å².